The first-order chi connectivity index (χ1) is 8.03. The summed E-state index contributed by atoms with van der Waals surface area (Å²) in [6.45, 7) is 7.41. The average molecular weight is 239 g/mol. The second-order valence-electron chi connectivity index (χ2n) is 6.00. The predicted octanol–water partition coefficient (Wildman–Crippen LogP) is 1.56. The van der Waals surface area contributed by atoms with Crippen LogP contribution < -0.4 is 11.1 Å². The molecule has 0 aromatic heterocycles. The van der Waals surface area contributed by atoms with Crippen LogP contribution in [-0.4, -0.2) is 36.6 Å². The third-order valence-electron chi connectivity index (χ3n) is 4.67. The van der Waals surface area contributed by atoms with Crippen molar-refractivity contribution in [2.45, 2.75) is 45.6 Å². The molecule has 98 valence electrons. The molecule has 2 amide bonds. The average Bonchev–Trinajstić information content (AvgIpc) is 3.08. The molecule has 1 saturated carbocycles. The zero-order valence-electron chi connectivity index (χ0n) is 11.0. The zero-order valence-corrected chi connectivity index (χ0v) is 11.0. The smallest absolute Gasteiger partial charge is 0.314 e. The third kappa shape index (κ3) is 2.92. The van der Waals surface area contributed by atoms with Crippen molar-refractivity contribution in [1.29, 1.82) is 0 Å². The SMILES string of the molecule is CC(C)C1(CNC2CCN(C(N)=O)CC2)CC1. The summed E-state index contributed by atoms with van der Waals surface area (Å²) in [7, 11) is 0. The van der Waals surface area contributed by atoms with Crippen LogP contribution >= 0.6 is 0 Å². The fraction of sp³-hybridized carbons (Fsp3) is 0.923. The number of urea groups is 1. The summed E-state index contributed by atoms with van der Waals surface area (Å²) < 4.78 is 0. The van der Waals surface area contributed by atoms with Crippen molar-refractivity contribution in [3.63, 3.8) is 0 Å². The fourth-order valence-electron chi connectivity index (χ4n) is 2.77. The van der Waals surface area contributed by atoms with Crippen molar-refractivity contribution < 1.29 is 4.79 Å². The van der Waals surface area contributed by atoms with E-state index in [2.05, 4.69) is 19.2 Å². The van der Waals surface area contributed by atoms with Gasteiger partial charge in [0.25, 0.3) is 0 Å². The number of likely N-dealkylation sites (tertiary alicyclic amines) is 1. The van der Waals surface area contributed by atoms with Crippen molar-refractivity contribution in [3.05, 3.63) is 0 Å². The summed E-state index contributed by atoms with van der Waals surface area (Å²) in [5, 5.41) is 3.69. The van der Waals surface area contributed by atoms with Crippen LogP contribution in [0, 0.1) is 11.3 Å². The highest BCUT2D eigenvalue weighted by atomic mass is 16.2. The van der Waals surface area contributed by atoms with Gasteiger partial charge in [0.05, 0.1) is 0 Å². The molecule has 1 saturated heterocycles. The topological polar surface area (TPSA) is 58.4 Å². The lowest BCUT2D eigenvalue weighted by molar-refractivity contribution is 0.181. The molecule has 4 heteroatoms. The summed E-state index contributed by atoms with van der Waals surface area (Å²) in [6.07, 6.45) is 4.82. The van der Waals surface area contributed by atoms with Gasteiger partial charge in [-0.05, 0) is 37.0 Å². The van der Waals surface area contributed by atoms with Gasteiger partial charge in [-0.3, -0.25) is 0 Å². The zero-order chi connectivity index (χ0) is 12.5. The molecular weight excluding hydrogens is 214 g/mol. The van der Waals surface area contributed by atoms with E-state index in [0.29, 0.717) is 11.5 Å². The minimum atomic E-state index is -0.274. The van der Waals surface area contributed by atoms with Crippen LogP contribution in [0.3, 0.4) is 0 Å². The number of hydrogen-bond acceptors (Lipinski definition) is 2. The lowest BCUT2D eigenvalue weighted by Gasteiger charge is -2.33. The maximum Gasteiger partial charge on any atom is 0.314 e. The molecule has 0 aromatic carbocycles. The lowest BCUT2D eigenvalue weighted by Crippen LogP contribution is -2.48. The van der Waals surface area contributed by atoms with Crippen LogP contribution in [0.15, 0.2) is 0 Å². The number of nitrogens with zero attached hydrogens (tertiary/aromatic N) is 1. The fourth-order valence-corrected chi connectivity index (χ4v) is 2.77. The van der Waals surface area contributed by atoms with E-state index in [9.17, 15) is 4.79 Å². The number of hydrogen-bond donors (Lipinski definition) is 2. The molecule has 0 bridgehead atoms. The maximum absolute atomic E-state index is 11.0. The minimum absolute atomic E-state index is 0.274. The lowest BCUT2D eigenvalue weighted by atomic mass is 9.91. The van der Waals surface area contributed by atoms with Gasteiger partial charge in [-0.25, -0.2) is 4.79 Å². The van der Waals surface area contributed by atoms with Crippen molar-refractivity contribution in [2.24, 2.45) is 17.1 Å². The molecule has 1 aliphatic heterocycles. The van der Waals surface area contributed by atoms with E-state index in [1.165, 1.54) is 12.8 Å². The number of amides is 2. The Balaban J connectivity index is 1.70. The molecule has 2 rings (SSSR count). The van der Waals surface area contributed by atoms with Gasteiger partial charge in [0, 0.05) is 25.7 Å². The van der Waals surface area contributed by atoms with Gasteiger partial charge < -0.3 is 16.0 Å². The molecule has 3 N–H and O–H groups in total. The second kappa shape index (κ2) is 4.84. The van der Waals surface area contributed by atoms with E-state index in [0.717, 1.165) is 38.4 Å². The third-order valence-corrected chi connectivity index (χ3v) is 4.67. The Morgan fingerprint density at radius 3 is 2.41 bits per heavy atom. The summed E-state index contributed by atoms with van der Waals surface area (Å²) in [5.74, 6) is 0.778. The van der Waals surface area contributed by atoms with E-state index >= 15 is 0 Å². The predicted molar refractivity (Wildman–Crippen MR) is 68.7 cm³/mol. The Morgan fingerprint density at radius 2 is 2.00 bits per heavy atom. The van der Waals surface area contributed by atoms with E-state index in [1.807, 2.05) is 0 Å². The highest BCUT2D eigenvalue weighted by Gasteiger charge is 2.45. The molecule has 4 nitrogen and oxygen atoms in total. The largest absolute Gasteiger partial charge is 0.351 e. The van der Waals surface area contributed by atoms with Crippen LogP contribution in [0.5, 0.6) is 0 Å². The number of piperidine rings is 1. The number of nitrogens with one attached hydrogen (secondary N) is 1. The van der Waals surface area contributed by atoms with Crippen LogP contribution in [0.25, 0.3) is 0 Å². The Morgan fingerprint density at radius 1 is 1.41 bits per heavy atom. The Labute approximate surface area is 104 Å². The summed E-state index contributed by atoms with van der Waals surface area (Å²) in [5.41, 5.74) is 5.84. The Hall–Kier alpha value is -0.770. The number of primary amides is 1. The van der Waals surface area contributed by atoms with Crippen molar-refractivity contribution in [1.82, 2.24) is 10.2 Å². The molecule has 17 heavy (non-hydrogen) atoms. The van der Waals surface area contributed by atoms with Gasteiger partial charge in [0.15, 0.2) is 0 Å². The molecule has 2 aliphatic rings. The van der Waals surface area contributed by atoms with Crippen LogP contribution in [0.4, 0.5) is 4.79 Å². The highest BCUT2D eigenvalue weighted by molar-refractivity contribution is 5.72. The van der Waals surface area contributed by atoms with E-state index in [1.54, 1.807) is 4.90 Å². The molecule has 0 radical (unpaired) electrons. The molecule has 2 fully saturated rings. The number of carbonyl (C=O) groups excluding carboxylic acids is 1. The molecule has 0 aromatic rings. The summed E-state index contributed by atoms with van der Waals surface area (Å²) in [6, 6.07) is 0.297. The molecule has 0 spiro atoms. The molecule has 0 atom stereocenters. The van der Waals surface area contributed by atoms with E-state index in [-0.39, 0.29) is 6.03 Å². The Bertz CT molecular complexity index is 278. The van der Waals surface area contributed by atoms with Crippen LogP contribution in [0.2, 0.25) is 0 Å². The number of carbonyl (C=O) groups is 1. The van der Waals surface area contributed by atoms with E-state index < -0.39 is 0 Å². The Kier molecular flexibility index (Phi) is 3.61. The highest BCUT2D eigenvalue weighted by Crippen LogP contribution is 2.51. The minimum Gasteiger partial charge on any atom is -0.351 e. The first-order valence-electron chi connectivity index (χ1n) is 6.81. The van der Waals surface area contributed by atoms with Gasteiger partial charge in [-0.1, -0.05) is 13.8 Å². The van der Waals surface area contributed by atoms with Gasteiger partial charge in [-0.15, -0.1) is 0 Å². The number of nitrogens with two attached hydrogens (primary N) is 1. The van der Waals surface area contributed by atoms with Gasteiger partial charge >= 0.3 is 6.03 Å². The first kappa shape index (κ1) is 12.7. The van der Waals surface area contributed by atoms with Crippen molar-refractivity contribution in [2.75, 3.05) is 19.6 Å². The van der Waals surface area contributed by atoms with E-state index in [4.69, 9.17) is 5.73 Å². The molecule has 1 heterocycles. The summed E-state index contributed by atoms with van der Waals surface area (Å²) >= 11 is 0. The normalized spacial score (nSPS) is 24.1. The molecule has 0 unspecified atom stereocenters. The van der Waals surface area contributed by atoms with Crippen LogP contribution in [0.1, 0.15) is 39.5 Å². The summed E-state index contributed by atoms with van der Waals surface area (Å²) in [4.78, 5) is 12.7. The van der Waals surface area contributed by atoms with Gasteiger partial charge in [0.1, 0.15) is 0 Å². The molecular formula is C13H25N3O. The van der Waals surface area contributed by atoms with Crippen LogP contribution in [-0.2, 0) is 0 Å². The maximum atomic E-state index is 11.0. The molecule has 1 aliphatic carbocycles. The first-order valence-corrected chi connectivity index (χ1v) is 6.81. The quantitative estimate of drug-likeness (QED) is 0.782. The van der Waals surface area contributed by atoms with Gasteiger partial charge in [-0.2, -0.15) is 0 Å². The monoisotopic (exact) mass is 239 g/mol. The number of rotatable bonds is 4. The van der Waals surface area contributed by atoms with Gasteiger partial charge in [0.2, 0.25) is 0 Å². The second-order valence-corrected chi connectivity index (χ2v) is 6.00. The van der Waals surface area contributed by atoms with Crippen molar-refractivity contribution in [3.8, 4) is 0 Å². The van der Waals surface area contributed by atoms with Crippen molar-refractivity contribution >= 4 is 6.03 Å². The standard InChI is InChI=1S/C13H25N3O/c1-10(2)13(5-6-13)9-15-11-3-7-16(8-4-11)12(14)17/h10-11,15H,3-9H2,1-2H3,(H2,14,17).